The van der Waals surface area contributed by atoms with Gasteiger partial charge in [0.1, 0.15) is 5.75 Å². The predicted molar refractivity (Wildman–Crippen MR) is 77.5 cm³/mol. The fourth-order valence-electron chi connectivity index (χ4n) is 2.98. The van der Waals surface area contributed by atoms with Crippen LogP contribution in [0.4, 0.5) is 4.79 Å². The van der Waals surface area contributed by atoms with E-state index in [-0.39, 0.29) is 0 Å². The highest BCUT2D eigenvalue weighted by Gasteiger charge is 2.35. The van der Waals surface area contributed by atoms with E-state index in [0.29, 0.717) is 6.54 Å². The summed E-state index contributed by atoms with van der Waals surface area (Å²) < 4.78 is 5.27. The minimum absolute atomic E-state index is 0.481. The maximum Gasteiger partial charge on any atom is 0.404 e. The summed E-state index contributed by atoms with van der Waals surface area (Å²) in [7, 11) is 1.74. The molecule has 3 N–H and O–H groups in total. The standard InChI is InChI=1S/C12H15NO.C3H7NO2/c1-14-10-3-2-8-4-9-6-13-7-12(9)11(8)5-10;1-2-4-3(5)6/h2-3,5,9,12-13H,4,6-7H2,1H3;4H,2H2,1H3,(H,5,6). The molecule has 1 heterocycles. The van der Waals surface area contributed by atoms with Gasteiger partial charge in [-0.2, -0.15) is 0 Å². The van der Waals surface area contributed by atoms with Crippen molar-refractivity contribution in [2.45, 2.75) is 19.3 Å². The van der Waals surface area contributed by atoms with E-state index in [1.54, 1.807) is 14.0 Å². The first-order valence-electron chi connectivity index (χ1n) is 7.00. The first-order valence-corrected chi connectivity index (χ1v) is 7.00. The van der Waals surface area contributed by atoms with E-state index in [0.717, 1.165) is 24.1 Å². The Morgan fingerprint density at radius 1 is 1.50 bits per heavy atom. The van der Waals surface area contributed by atoms with Crippen LogP contribution < -0.4 is 15.4 Å². The average molecular weight is 278 g/mol. The molecule has 1 aliphatic heterocycles. The number of benzene rings is 1. The Bertz CT molecular complexity index is 476. The summed E-state index contributed by atoms with van der Waals surface area (Å²) in [6.45, 7) is 4.54. The van der Waals surface area contributed by atoms with Gasteiger partial charge in [-0.15, -0.1) is 0 Å². The van der Waals surface area contributed by atoms with Crippen LogP contribution in [0.1, 0.15) is 24.0 Å². The van der Waals surface area contributed by atoms with Crippen molar-refractivity contribution in [1.82, 2.24) is 10.6 Å². The lowest BCUT2D eigenvalue weighted by Gasteiger charge is -2.09. The van der Waals surface area contributed by atoms with Crippen LogP contribution in [0.5, 0.6) is 5.75 Å². The summed E-state index contributed by atoms with van der Waals surface area (Å²) in [6, 6.07) is 6.52. The lowest BCUT2D eigenvalue weighted by molar-refractivity contribution is 0.195. The Morgan fingerprint density at radius 2 is 2.30 bits per heavy atom. The number of rotatable bonds is 2. The molecule has 1 aromatic rings. The first-order chi connectivity index (χ1) is 9.65. The molecule has 1 amide bonds. The van der Waals surface area contributed by atoms with E-state index in [4.69, 9.17) is 9.84 Å². The van der Waals surface area contributed by atoms with E-state index < -0.39 is 6.09 Å². The lowest BCUT2D eigenvalue weighted by atomic mass is 9.96. The van der Waals surface area contributed by atoms with E-state index in [9.17, 15) is 4.79 Å². The highest BCUT2D eigenvalue weighted by molar-refractivity contribution is 5.64. The van der Waals surface area contributed by atoms with Crippen molar-refractivity contribution in [3.63, 3.8) is 0 Å². The van der Waals surface area contributed by atoms with Crippen molar-refractivity contribution >= 4 is 6.09 Å². The van der Waals surface area contributed by atoms with Crippen molar-refractivity contribution in [2.75, 3.05) is 26.7 Å². The Morgan fingerprint density at radius 3 is 2.90 bits per heavy atom. The topological polar surface area (TPSA) is 70.6 Å². The first kappa shape index (κ1) is 14.7. The van der Waals surface area contributed by atoms with Crippen LogP contribution in [0.25, 0.3) is 0 Å². The molecule has 2 atom stereocenters. The highest BCUT2D eigenvalue weighted by atomic mass is 16.5. The van der Waals surface area contributed by atoms with Gasteiger partial charge in [0, 0.05) is 19.0 Å². The zero-order chi connectivity index (χ0) is 14.5. The molecule has 20 heavy (non-hydrogen) atoms. The van der Waals surface area contributed by atoms with Crippen LogP contribution in [0.2, 0.25) is 0 Å². The molecule has 2 aliphatic rings. The van der Waals surface area contributed by atoms with Crippen LogP contribution in [-0.4, -0.2) is 37.9 Å². The molecule has 3 rings (SSSR count). The summed E-state index contributed by atoms with van der Waals surface area (Å²) in [6.07, 6.45) is 0.286. The van der Waals surface area contributed by atoms with Gasteiger partial charge in [-0.1, -0.05) is 6.07 Å². The molecule has 1 saturated heterocycles. The highest BCUT2D eigenvalue weighted by Crippen LogP contribution is 2.41. The quantitative estimate of drug-likeness (QED) is 0.772. The molecule has 0 spiro atoms. The van der Waals surface area contributed by atoms with E-state index in [1.165, 1.54) is 24.1 Å². The van der Waals surface area contributed by atoms with Gasteiger partial charge in [-0.25, -0.2) is 4.79 Å². The molecular formula is C15H22N2O3. The van der Waals surface area contributed by atoms with Gasteiger partial charge in [-0.3, -0.25) is 0 Å². The number of carbonyl (C=O) groups is 1. The van der Waals surface area contributed by atoms with Crippen molar-refractivity contribution in [3.05, 3.63) is 29.3 Å². The van der Waals surface area contributed by atoms with Gasteiger partial charge in [0.05, 0.1) is 7.11 Å². The van der Waals surface area contributed by atoms with Gasteiger partial charge < -0.3 is 20.5 Å². The Hall–Kier alpha value is -1.75. The summed E-state index contributed by atoms with van der Waals surface area (Å²) in [5.41, 5.74) is 3.04. The Kier molecular flexibility index (Phi) is 4.84. The van der Waals surface area contributed by atoms with Crippen LogP contribution in [-0.2, 0) is 6.42 Å². The smallest absolute Gasteiger partial charge is 0.404 e. The van der Waals surface area contributed by atoms with Gasteiger partial charge in [0.2, 0.25) is 0 Å². The van der Waals surface area contributed by atoms with Crippen LogP contribution in [0.3, 0.4) is 0 Å². The number of nitrogens with one attached hydrogen (secondary N) is 2. The summed E-state index contributed by atoms with van der Waals surface area (Å²) >= 11 is 0. The molecule has 0 saturated carbocycles. The summed E-state index contributed by atoms with van der Waals surface area (Å²) in [5.74, 6) is 2.56. The van der Waals surface area contributed by atoms with Gasteiger partial charge in [0.25, 0.3) is 0 Å². The molecule has 1 fully saturated rings. The number of ether oxygens (including phenoxy) is 1. The molecule has 0 radical (unpaired) electrons. The number of carboxylic acid groups (broad SMARTS) is 1. The van der Waals surface area contributed by atoms with Gasteiger partial charge >= 0.3 is 6.09 Å². The molecular weight excluding hydrogens is 256 g/mol. The molecule has 2 unspecified atom stereocenters. The Labute approximate surface area is 119 Å². The SMILES string of the molecule is CCNC(=O)O.COc1ccc2c(c1)C1CNCC1C2. The molecule has 110 valence electrons. The minimum atomic E-state index is -0.961. The van der Waals surface area contributed by atoms with E-state index >= 15 is 0 Å². The predicted octanol–water partition coefficient (Wildman–Crippen LogP) is 1.83. The van der Waals surface area contributed by atoms with E-state index in [2.05, 4.69) is 28.8 Å². The third-order valence-electron chi connectivity index (χ3n) is 3.90. The number of amides is 1. The molecule has 5 nitrogen and oxygen atoms in total. The zero-order valence-corrected chi connectivity index (χ0v) is 12.0. The van der Waals surface area contributed by atoms with Gasteiger partial charge in [-0.05, 0) is 49.1 Å². The summed E-state index contributed by atoms with van der Waals surface area (Å²) in [5, 5.41) is 13.4. The zero-order valence-electron chi connectivity index (χ0n) is 12.0. The number of fused-ring (bicyclic) bond motifs is 3. The third-order valence-corrected chi connectivity index (χ3v) is 3.90. The minimum Gasteiger partial charge on any atom is -0.497 e. The fraction of sp³-hybridized carbons (Fsp3) is 0.533. The van der Waals surface area contributed by atoms with Crippen LogP contribution in [0, 0.1) is 5.92 Å². The van der Waals surface area contributed by atoms with Crippen molar-refractivity contribution in [3.8, 4) is 5.75 Å². The van der Waals surface area contributed by atoms with E-state index in [1.807, 2.05) is 0 Å². The maximum absolute atomic E-state index is 9.49. The molecule has 1 aliphatic carbocycles. The van der Waals surface area contributed by atoms with Crippen molar-refractivity contribution < 1.29 is 14.6 Å². The number of methoxy groups -OCH3 is 1. The number of hydrogen-bond acceptors (Lipinski definition) is 3. The second-order valence-corrected chi connectivity index (χ2v) is 5.13. The third kappa shape index (κ3) is 3.22. The number of hydrogen-bond donors (Lipinski definition) is 3. The second-order valence-electron chi connectivity index (χ2n) is 5.13. The largest absolute Gasteiger partial charge is 0.497 e. The average Bonchev–Trinajstić information content (AvgIpc) is 2.99. The maximum atomic E-state index is 9.49. The Balaban J connectivity index is 0.000000212. The fourth-order valence-corrected chi connectivity index (χ4v) is 2.98. The molecule has 0 bridgehead atoms. The monoisotopic (exact) mass is 278 g/mol. The second kappa shape index (κ2) is 6.61. The van der Waals surface area contributed by atoms with Crippen molar-refractivity contribution in [2.24, 2.45) is 5.92 Å². The van der Waals surface area contributed by atoms with Crippen LogP contribution >= 0.6 is 0 Å². The van der Waals surface area contributed by atoms with Gasteiger partial charge in [0.15, 0.2) is 0 Å². The summed E-state index contributed by atoms with van der Waals surface area (Å²) in [4.78, 5) is 9.49. The van der Waals surface area contributed by atoms with Crippen molar-refractivity contribution in [1.29, 1.82) is 0 Å². The van der Waals surface area contributed by atoms with Crippen LogP contribution in [0.15, 0.2) is 18.2 Å². The normalized spacial score (nSPS) is 22.3. The molecule has 1 aromatic carbocycles. The molecule has 5 heteroatoms. The molecule has 0 aromatic heterocycles. The lowest BCUT2D eigenvalue weighted by Crippen LogP contribution is -2.19.